The van der Waals surface area contributed by atoms with Crippen LogP contribution in [0.25, 0.3) is 22.0 Å². The number of amides is 1. The number of fused-ring (bicyclic) bond motifs is 2. The van der Waals surface area contributed by atoms with E-state index in [1.807, 2.05) is 64.2 Å². The summed E-state index contributed by atoms with van der Waals surface area (Å²) in [4.78, 5) is 19.6. The van der Waals surface area contributed by atoms with Crippen molar-refractivity contribution in [1.29, 1.82) is 0 Å². The summed E-state index contributed by atoms with van der Waals surface area (Å²) < 4.78 is 7.67. The number of furan rings is 1. The Morgan fingerprint density at radius 3 is 2.70 bits per heavy atom. The molecule has 1 unspecified atom stereocenters. The summed E-state index contributed by atoms with van der Waals surface area (Å²) in [6.45, 7) is 5.76. The highest BCUT2D eigenvalue weighted by Crippen LogP contribution is 2.29. The maximum atomic E-state index is 13.3. The lowest BCUT2D eigenvalue weighted by Crippen LogP contribution is -2.29. The zero-order valence-corrected chi connectivity index (χ0v) is 16.1. The maximum absolute atomic E-state index is 13.3. The lowest BCUT2D eigenvalue weighted by atomic mass is 10.1. The molecule has 4 rings (SSSR count). The van der Waals surface area contributed by atoms with Gasteiger partial charge in [-0.05, 0) is 39.0 Å². The maximum Gasteiger partial charge on any atom is 0.255 e. The quantitative estimate of drug-likeness (QED) is 0.549. The van der Waals surface area contributed by atoms with E-state index in [4.69, 9.17) is 4.42 Å². The number of nitrogens with zero attached hydrogens (tertiary/aromatic N) is 4. The molecule has 0 bridgehead atoms. The van der Waals surface area contributed by atoms with Crippen LogP contribution in [0.3, 0.4) is 0 Å². The molecule has 0 saturated carbocycles. The molecule has 0 radical (unpaired) electrons. The fourth-order valence-electron chi connectivity index (χ4n) is 3.50. The van der Waals surface area contributed by atoms with Crippen molar-refractivity contribution in [2.45, 2.75) is 26.8 Å². The molecule has 0 aliphatic heterocycles. The molecule has 4 aromatic rings. The number of hydrogen-bond donors (Lipinski definition) is 0. The Labute approximate surface area is 157 Å². The Bertz CT molecular complexity index is 1140. The Morgan fingerprint density at radius 1 is 1.22 bits per heavy atom. The summed E-state index contributed by atoms with van der Waals surface area (Å²) in [5.74, 6) is 0.687. The van der Waals surface area contributed by atoms with Gasteiger partial charge in [-0.25, -0.2) is 4.98 Å². The highest BCUT2D eigenvalue weighted by molar-refractivity contribution is 6.06. The van der Waals surface area contributed by atoms with Crippen LogP contribution in [-0.2, 0) is 7.05 Å². The van der Waals surface area contributed by atoms with Crippen molar-refractivity contribution in [2.75, 3.05) is 7.05 Å². The van der Waals surface area contributed by atoms with Crippen LogP contribution in [0.5, 0.6) is 0 Å². The lowest BCUT2D eigenvalue weighted by molar-refractivity contribution is 0.0729. The van der Waals surface area contributed by atoms with Gasteiger partial charge < -0.3 is 9.32 Å². The van der Waals surface area contributed by atoms with Crippen LogP contribution in [0, 0.1) is 13.8 Å². The number of hydrogen-bond acceptors (Lipinski definition) is 4. The Balaban J connectivity index is 1.75. The summed E-state index contributed by atoms with van der Waals surface area (Å²) in [6, 6.07) is 11.5. The molecule has 1 amide bonds. The molecule has 3 heterocycles. The average Bonchev–Trinajstić information content (AvgIpc) is 3.20. The number of aryl methyl sites for hydroxylation is 3. The third kappa shape index (κ3) is 2.77. The van der Waals surface area contributed by atoms with Crippen molar-refractivity contribution in [2.24, 2.45) is 7.05 Å². The van der Waals surface area contributed by atoms with Crippen LogP contribution in [0.15, 0.2) is 40.8 Å². The van der Waals surface area contributed by atoms with E-state index in [1.165, 1.54) is 0 Å². The van der Waals surface area contributed by atoms with Gasteiger partial charge in [0.25, 0.3) is 5.91 Å². The van der Waals surface area contributed by atoms with Crippen LogP contribution in [0.4, 0.5) is 0 Å². The molecule has 1 atom stereocenters. The first-order valence-corrected chi connectivity index (χ1v) is 8.93. The second kappa shape index (κ2) is 6.23. The lowest BCUT2D eigenvalue weighted by Gasteiger charge is -2.24. The highest BCUT2D eigenvalue weighted by Gasteiger charge is 2.25. The second-order valence-electron chi connectivity index (χ2n) is 7.00. The van der Waals surface area contributed by atoms with Crippen molar-refractivity contribution in [1.82, 2.24) is 19.7 Å². The number of rotatable bonds is 3. The van der Waals surface area contributed by atoms with Gasteiger partial charge in [-0.1, -0.05) is 18.2 Å². The average molecular weight is 362 g/mol. The molecule has 3 aromatic heterocycles. The molecule has 6 nitrogen and oxygen atoms in total. The van der Waals surface area contributed by atoms with Crippen molar-refractivity contribution < 1.29 is 9.21 Å². The smallest absolute Gasteiger partial charge is 0.255 e. The fourth-order valence-corrected chi connectivity index (χ4v) is 3.50. The number of carbonyl (C=O) groups excluding carboxylic acids is 1. The van der Waals surface area contributed by atoms with E-state index in [-0.39, 0.29) is 11.9 Å². The predicted octanol–water partition coefficient (Wildman–Crippen LogP) is 4.16. The molecular formula is C21H22N4O2. The van der Waals surface area contributed by atoms with E-state index in [0.717, 1.165) is 39.2 Å². The van der Waals surface area contributed by atoms with Crippen molar-refractivity contribution in [3.63, 3.8) is 0 Å². The normalized spacial score (nSPS) is 12.6. The van der Waals surface area contributed by atoms with Crippen molar-refractivity contribution in [3.8, 4) is 0 Å². The van der Waals surface area contributed by atoms with Crippen molar-refractivity contribution in [3.05, 3.63) is 59.1 Å². The van der Waals surface area contributed by atoms with E-state index < -0.39 is 0 Å². The SMILES string of the molecule is Cc1cc(C(=O)N(C)C(C)c2cc3ccccc3o2)c2c(C)nn(C)c2n1. The standard InChI is InChI=1S/C21H22N4O2/c1-12-10-16(19-13(2)23-25(5)20(19)22-12)21(26)24(4)14(3)18-11-15-8-6-7-9-17(15)27-18/h6-11,14H,1-5H3. The monoisotopic (exact) mass is 362 g/mol. The Morgan fingerprint density at radius 2 is 1.96 bits per heavy atom. The van der Waals surface area contributed by atoms with Gasteiger partial charge in [0.15, 0.2) is 5.65 Å². The van der Waals surface area contributed by atoms with Gasteiger partial charge in [-0.15, -0.1) is 0 Å². The summed E-state index contributed by atoms with van der Waals surface area (Å²) in [6.07, 6.45) is 0. The summed E-state index contributed by atoms with van der Waals surface area (Å²) in [5.41, 5.74) is 3.76. The minimum absolute atomic E-state index is 0.0745. The van der Waals surface area contributed by atoms with Crippen molar-refractivity contribution >= 4 is 27.9 Å². The zero-order valence-electron chi connectivity index (χ0n) is 16.1. The highest BCUT2D eigenvalue weighted by atomic mass is 16.3. The number of pyridine rings is 1. The Hall–Kier alpha value is -3.15. The summed E-state index contributed by atoms with van der Waals surface area (Å²) >= 11 is 0. The molecule has 0 fully saturated rings. The minimum atomic E-state index is -0.203. The molecule has 0 aliphatic carbocycles. The van der Waals surface area contributed by atoms with Gasteiger partial charge in [-0.3, -0.25) is 9.48 Å². The van der Waals surface area contributed by atoms with E-state index in [2.05, 4.69) is 10.1 Å². The van der Waals surface area contributed by atoms with Gasteiger partial charge in [0.05, 0.1) is 22.7 Å². The van der Waals surface area contributed by atoms with Crippen LogP contribution in [0.1, 0.15) is 40.5 Å². The van der Waals surface area contributed by atoms with E-state index in [0.29, 0.717) is 5.56 Å². The first-order chi connectivity index (χ1) is 12.9. The molecule has 0 aliphatic rings. The van der Waals surface area contributed by atoms with Crippen LogP contribution in [0.2, 0.25) is 0 Å². The van der Waals surface area contributed by atoms with Gasteiger partial charge in [-0.2, -0.15) is 5.10 Å². The third-order valence-electron chi connectivity index (χ3n) is 5.08. The third-order valence-corrected chi connectivity index (χ3v) is 5.08. The van der Waals surface area contributed by atoms with E-state index in [9.17, 15) is 4.79 Å². The molecular weight excluding hydrogens is 340 g/mol. The molecule has 27 heavy (non-hydrogen) atoms. The number of para-hydroxylation sites is 1. The predicted molar refractivity (Wildman–Crippen MR) is 105 cm³/mol. The molecule has 1 aromatic carbocycles. The second-order valence-corrected chi connectivity index (χ2v) is 7.00. The summed E-state index contributed by atoms with van der Waals surface area (Å²) in [7, 11) is 3.64. The molecule has 138 valence electrons. The molecule has 0 spiro atoms. The summed E-state index contributed by atoms with van der Waals surface area (Å²) in [5, 5.41) is 6.27. The van der Waals surface area contributed by atoms with Crippen LogP contribution >= 0.6 is 0 Å². The number of benzene rings is 1. The molecule has 0 saturated heterocycles. The van der Waals surface area contributed by atoms with Crippen LogP contribution < -0.4 is 0 Å². The minimum Gasteiger partial charge on any atom is -0.459 e. The topological polar surface area (TPSA) is 64.2 Å². The molecule has 6 heteroatoms. The van der Waals surface area contributed by atoms with Gasteiger partial charge in [0, 0.05) is 25.2 Å². The van der Waals surface area contributed by atoms with Gasteiger partial charge >= 0.3 is 0 Å². The van der Waals surface area contributed by atoms with Crippen LogP contribution in [-0.4, -0.2) is 32.6 Å². The fraction of sp³-hybridized carbons (Fsp3) is 0.286. The molecule has 0 N–H and O–H groups in total. The number of carbonyl (C=O) groups is 1. The largest absolute Gasteiger partial charge is 0.459 e. The first-order valence-electron chi connectivity index (χ1n) is 8.93. The number of aromatic nitrogens is 3. The van der Waals surface area contributed by atoms with E-state index >= 15 is 0 Å². The van der Waals surface area contributed by atoms with Gasteiger partial charge in [0.1, 0.15) is 11.3 Å². The Kier molecular flexibility index (Phi) is 3.98. The zero-order chi connectivity index (χ0) is 19.3. The van der Waals surface area contributed by atoms with E-state index in [1.54, 1.807) is 16.6 Å². The van der Waals surface area contributed by atoms with Gasteiger partial charge in [0.2, 0.25) is 0 Å². The first kappa shape index (κ1) is 17.3.